The van der Waals surface area contributed by atoms with Gasteiger partial charge in [0, 0.05) is 0 Å². The number of rotatable bonds is 3. The van der Waals surface area contributed by atoms with Crippen LogP contribution in [0.1, 0.15) is 46.0 Å². The van der Waals surface area contributed by atoms with Crippen molar-refractivity contribution in [1.29, 1.82) is 0 Å². The van der Waals surface area contributed by atoms with Gasteiger partial charge in [-0.3, -0.25) is 0 Å². The van der Waals surface area contributed by atoms with Crippen LogP contribution in [0.5, 0.6) is 0 Å². The van der Waals surface area contributed by atoms with Crippen molar-refractivity contribution in [1.82, 2.24) is 0 Å². The third-order valence-corrected chi connectivity index (χ3v) is 3.45. The van der Waals surface area contributed by atoms with E-state index in [4.69, 9.17) is 5.73 Å². The van der Waals surface area contributed by atoms with Gasteiger partial charge in [-0.1, -0.05) is 26.7 Å². The molecule has 1 aliphatic carbocycles. The van der Waals surface area contributed by atoms with Crippen molar-refractivity contribution >= 4 is 0 Å². The van der Waals surface area contributed by atoms with E-state index in [-0.39, 0.29) is 0 Å². The van der Waals surface area contributed by atoms with Crippen molar-refractivity contribution in [2.45, 2.75) is 51.6 Å². The molecule has 0 amide bonds. The minimum atomic E-state index is -0.457. The van der Waals surface area contributed by atoms with Crippen LogP contribution in [0.2, 0.25) is 0 Å². The SMILES string of the molecule is CC(C)C1CCCCC1(O)CCN. The summed E-state index contributed by atoms with van der Waals surface area (Å²) in [4.78, 5) is 0. The molecule has 2 nitrogen and oxygen atoms in total. The van der Waals surface area contributed by atoms with E-state index in [2.05, 4.69) is 13.8 Å². The van der Waals surface area contributed by atoms with Gasteiger partial charge in [-0.25, -0.2) is 0 Å². The standard InChI is InChI=1S/C11H23NO/c1-9(2)10-5-3-4-6-11(10,13)7-8-12/h9-10,13H,3-8,12H2,1-2H3. The van der Waals surface area contributed by atoms with Crippen LogP contribution in [0.25, 0.3) is 0 Å². The molecule has 1 rings (SSSR count). The fourth-order valence-corrected chi connectivity index (χ4v) is 2.76. The van der Waals surface area contributed by atoms with Gasteiger partial charge < -0.3 is 10.8 Å². The summed E-state index contributed by atoms with van der Waals surface area (Å²) in [5.41, 5.74) is 5.09. The summed E-state index contributed by atoms with van der Waals surface area (Å²) in [6.45, 7) is 5.02. The molecule has 1 aliphatic rings. The van der Waals surface area contributed by atoms with Gasteiger partial charge in [0.05, 0.1) is 5.60 Å². The van der Waals surface area contributed by atoms with Gasteiger partial charge in [0.15, 0.2) is 0 Å². The van der Waals surface area contributed by atoms with Gasteiger partial charge in [0.1, 0.15) is 0 Å². The lowest BCUT2D eigenvalue weighted by Crippen LogP contribution is -2.44. The van der Waals surface area contributed by atoms with Crippen molar-refractivity contribution in [3.63, 3.8) is 0 Å². The Kier molecular flexibility index (Phi) is 3.74. The molecule has 1 fully saturated rings. The number of aliphatic hydroxyl groups is 1. The fraction of sp³-hybridized carbons (Fsp3) is 1.00. The molecule has 78 valence electrons. The zero-order valence-electron chi connectivity index (χ0n) is 8.92. The van der Waals surface area contributed by atoms with Crippen molar-refractivity contribution in [2.75, 3.05) is 6.54 Å². The van der Waals surface area contributed by atoms with Gasteiger partial charge >= 0.3 is 0 Å². The average Bonchev–Trinajstić information content (AvgIpc) is 2.04. The summed E-state index contributed by atoms with van der Waals surface area (Å²) in [6.07, 6.45) is 5.34. The summed E-state index contributed by atoms with van der Waals surface area (Å²) < 4.78 is 0. The molecule has 0 spiro atoms. The van der Waals surface area contributed by atoms with Gasteiger partial charge in [0.25, 0.3) is 0 Å². The Bertz CT molecular complexity index is 154. The first-order chi connectivity index (χ1) is 6.10. The zero-order chi connectivity index (χ0) is 9.90. The minimum Gasteiger partial charge on any atom is -0.390 e. The molecular formula is C11H23NO. The molecule has 2 atom stereocenters. The van der Waals surface area contributed by atoms with Crippen LogP contribution in [0.4, 0.5) is 0 Å². The van der Waals surface area contributed by atoms with Crippen LogP contribution < -0.4 is 5.73 Å². The van der Waals surface area contributed by atoms with Crippen molar-refractivity contribution in [3.8, 4) is 0 Å². The Labute approximate surface area is 81.5 Å². The van der Waals surface area contributed by atoms with E-state index in [0.717, 1.165) is 12.8 Å². The van der Waals surface area contributed by atoms with Crippen LogP contribution in [0.15, 0.2) is 0 Å². The quantitative estimate of drug-likeness (QED) is 0.705. The van der Waals surface area contributed by atoms with E-state index in [1.807, 2.05) is 0 Å². The maximum absolute atomic E-state index is 10.4. The van der Waals surface area contributed by atoms with Crippen molar-refractivity contribution < 1.29 is 5.11 Å². The van der Waals surface area contributed by atoms with Crippen LogP contribution >= 0.6 is 0 Å². The summed E-state index contributed by atoms with van der Waals surface area (Å²) in [5, 5.41) is 10.4. The normalized spacial score (nSPS) is 35.3. The summed E-state index contributed by atoms with van der Waals surface area (Å²) in [5.74, 6) is 1.04. The predicted molar refractivity (Wildman–Crippen MR) is 55.4 cm³/mol. The first-order valence-electron chi connectivity index (χ1n) is 5.52. The number of hydrogen-bond donors (Lipinski definition) is 2. The van der Waals surface area contributed by atoms with Crippen molar-refractivity contribution in [3.05, 3.63) is 0 Å². The first-order valence-corrected chi connectivity index (χ1v) is 5.52. The summed E-state index contributed by atoms with van der Waals surface area (Å²) in [6, 6.07) is 0. The Hall–Kier alpha value is -0.0800. The highest BCUT2D eigenvalue weighted by atomic mass is 16.3. The second kappa shape index (κ2) is 4.43. The van der Waals surface area contributed by atoms with Crippen LogP contribution in [-0.4, -0.2) is 17.3 Å². The minimum absolute atomic E-state index is 0.457. The molecule has 0 aromatic heterocycles. The van der Waals surface area contributed by atoms with Gasteiger partial charge in [0.2, 0.25) is 0 Å². The second-order valence-electron chi connectivity index (χ2n) is 4.74. The molecule has 3 N–H and O–H groups in total. The molecule has 0 heterocycles. The molecular weight excluding hydrogens is 162 g/mol. The molecule has 2 heteroatoms. The highest BCUT2D eigenvalue weighted by Crippen LogP contribution is 2.40. The van der Waals surface area contributed by atoms with Crippen LogP contribution in [0, 0.1) is 11.8 Å². The highest BCUT2D eigenvalue weighted by Gasteiger charge is 2.39. The van der Waals surface area contributed by atoms with E-state index in [0.29, 0.717) is 18.4 Å². The smallest absolute Gasteiger partial charge is 0.0690 e. The molecule has 0 aromatic carbocycles. The topological polar surface area (TPSA) is 46.2 Å². The lowest BCUT2D eigenvalue weighted by molar-refractivity contribution is -0.0699. The van der Waals surface area contributed by atoms with E-state index < -0.39 is 5.60 Å². The molecule has 0 radical (unpaired) electrons. The Balaban J connectivity index is 2.65. The Morgan fingerprint density at radius 1 is 1.46 bits per heavy atom. The highest BCUT2D eigenvalue weighted by molar-refractivity contribution is 4.91. The number of hydrogen-bond acceptors (Lipinski definition) is 2. The molecule has 0 aliphatic heterocycles. The Morgan fingerprint density at radius 3 is 2.69 bits per heavy atom. The molecule has 1 saturated carbocycles. The van der Waals surface area contributed by atoms with E-state index in [1.165, 1.54) is 19.3 Å². The monoisotopic (exact) mass is 185 g/mol. The van der Waals surface area contributed by atoms with Crippen LogP contribution in [0.3, 0.4) is 0 Å². The second-order valence-corrected chi connectivity index (χ2v) is 4.74. The largest absolute Gasteiger partial charge is 0.390 e. The third kappa shape index (κ3) is 2.44. The number of nitrogens with two attached hydrogens (primary N) is 1. The fourth-order valence-electron chi connectivity index (χ4n) is 2.76. The molecule has 0 saturated heterocycles. The predicted octanol–water partition coefficient (Wildman–Crippen LogP) is 1.91. The van der Waals surface area contributed by atoms with E-state index in [9.17, 15) is 5.11 Å². The van der Waals surface area contributed by atoms with Crippen LogP contribution in [-0.2, 0) is 0 Å². The third-order valence-electron chi connectivity index (χ3n) is 3.45. The Morgan fingerprint density at radius 2 is 2.15 bits per heavy atom. The van der Waals surface area contributed by atoms with Crippen molar-refractivity contribution in [2.24, 2.45) is 17.6 Å². The summed E-state index contributed by atoms with van der Waals surface area (Å²) >= 11 is 0. The molecule has 0 aromatic rings. The van der Waals surface area contributed by atoms with E-state index >= 15 is 0 Å². The lowest BCUT2D eigenvalue weighted by atomic mass is 9.69. The van der Waals surface area contributed by atoms with Gasteiger partial charge in [-0.2, -0.15) is 0 Å². The first kappa shape index (κ1) is 11.0. The molecule has 13 heavy (non-hydrogen) atoms. The lowest BCUT2D eigenvalue weighted by Gasteiger charge is -2.42. The molecule has 0 bridgehead atoms. The average molecular weight is 185 g/mol. The van der Waals surface area contributed by atoms with Gasteiger partial charge in [-0.05, 0) is 37.6 Å². The van der Waals surface area contributed by atoms with Gasteiger partial charge in [-0.15, -0.1) is 0 Å². The zero-order valence-corrected chi connectivity index (χ0v) is 8.92. The van der Waals surface area contributed by atoms with E-state index in [1.54, 1.807) is 0 Å². The molecule has 2 unspecified atom stereocenters. The maximum Gasteiger partial charge on any atom is 0.0690 e. The maximum atomic E-state index is 10.4. The summed E-state index contributed by atoms with van der Waals surface area (Å²) in [7, 11) is 0.